The fraction of sp³-hybridized carbons (Fsp3) is 0.857. The third kappa shape index (κ3) is 1.12. The molecule has 3 saturated carbocycles. The lowest BCUT2D eigenvalue weighted by Crippen LogP contribution is -2.45. The van der Waals surface area contributed by atoms with Gasteiger partial charge in [-0.25, -0.2) is 0 Å². The van der Waals surface area contributed by atoms with Crippen LogP contribution in [-0.2, 0) is 0 Å². The maximum atomic E-state index is 4.32. The van der Waals surface area contributed by atoms with Crippen molar-refractivity contribution in [1.82, 2.24) is 0 Å². The van der Waals surface area contributed by atoms with E-state index in [0.717, 1.165) is 17.3 Å². The molecule has 0 aromatic carbocycles. The molecule has 0 heterocycles. The van der Waals surface area contributed by atoms with Gasteiger partial charge in [0.25, 0.3) is 0 Å². The number of hydrogen-bond acceptors (Lipinski definition) is 0. The molecular formula is C14H22. The third-order valence-electron chi connectivity index (χ3n) is 5.37. The molecule has 1 unspecified atom stereocenters. The van der Waals surface area contributed by atoms with Gasteiger partial charge in [-0.2, -0.15) is 0 Å². The second kappa shape index (κ2) is 3.12. The van der Waals surface area contributed by atoms with Crippen LogP contribution < -0.4 is 0 Å². The van der Waals surface area contributed by atoms with Crippen LogP contribution in [0.2, 0.25) is 0 Å². The summed E-state index contributed by atoms with van der Waals surface area (Å²) in [6, 6.07) is 0. The smallest absolute Gasteiger partial charge is 0.0172 e. The second-order valence-electron chi connectivity index (χ2n) is 5.87. The van der Waals surface area contributed by atoms with Gasteiger partial charge in [-0.3, -0.25) is 0 Å². The highest BCUT2D eigenvalue weighted by Crippen LogP contribution is 2.60. The monoisotopic (exact) mass is 190 g/mol. The van der Waals surface area contributed by atoms with Gasteiger partial charge in [0, 0.05) is 0 Å². The Morgan fingerprint density at radius 1 is 1.00 bits per heavy atom. The fourth-order valence-corrected chi connectivity index (χ4v) is 4.67. The quantitative estimate of drug-likeness (QED) is 0.499. The second-order valence-corrected chi connectivity index (χ2v) is 5.87. The van der Waals surface area contributed by atoms with E-state index in [2.05, 4.69) is 6.58 Å². The van der Waals surface area contributed by atoms with Gasteiger partial charge >= 0.3 is 0 Å². The molecule has 3 aliphatic rings. The summed E-state index contributed by atoms with van der Waals surface area (Å²) in [4.78, 5) is 0. The van der Waals surface area contributed by atoms with Crippen LogP contribution in [0.25, 0.3) is 0 Å². The first-order valence-corrected chi connectivity index (χ1v) is 6.49. The predicted octanol–water partition coefficient (Wildman–Crippen LogP) is 4.31. The van der Waals surface area contributed by atoms with Gasteiger partial charge in [-0.1, -0.05) is 31.4 Å². The van der Waals surface area contributed by atoms with E-state index in [-0.39, 0.29) is 0 Å². The molecule has 78 valence electrons. The summed E-state index contributed by atoms with van der Waals surface area (Å²) in [5.74, 6) is 1.98. The van der Waals surface area contributed by atoms with Crippen molar-refractivity contribution in [2.24, 2.45) is 17.3 Å². The molecule has 3 aliphatic carbocycles. The predicted molar refractivity (Wildman–Crippen MR) is 60.1 cm³/mol. The van der Waals surface area contributed by atoms with Gasteiger partial charge in [0.05, 0.1) is 0 Å². The lowest BCUT2D eigenvalue weighted by Gasteiger charge is -2.55. The van der Waals surface area contributed by atoms with E-state index in [1.807, 2.05) is 0 Å². The van der Waals surface area contributed by atoms with Crippen molar-refractivity contribution in [3.8, 4) is 0 Å². The highest BCUT2D eigenvalue weighted by molar-refractivity contribution is 5.14. The van der Waals surface area contributed by atoms with Gasteiger partial charge in [0.15, 0.2) is 0 Å². The summed E-state index contributed by atoms with van der Waals surface area (Å²) in [5, 5.41) is 0. The first kappa shape index (κ1) is 9.00. The molecule has 14 heavy (non-hydrogen) atoms. The molecule has 0 aliphatic heterocycles. The van der Waals surface area contributed by atoms with Crippen LogP contribution in [0.15, 0.2) is 12.2 Å². The van der Waals surface area contributed by atoms with Gasteiger partial charge in [0.2, 0.25) is 0 Å². The van der Waals surface area contributed by atoms with Crippen LogP contribution in [-0.4, -0.2) is 0 Å². The van der Waals surface area contributed by atoms with Crippen molar-refractivity contribution in [2.75, 3.05) is 0 Å². The Balaban J connectivity index is 1.94. The topological polar surface area (TPSA) is 0 Å². The van der Waals surface area contributed by atoms with Crippen LogP contribution in [0, 0.1) is 17.3 Å². The molecule has 0 spiro atoms. The summed E-state index contributed by atoms with van der Waals surface area (Å²) >= 11 is 0. The minimum atomic E-state index is 0.794. The van der Waals surface area contributed by atoms with Crippen molar-refractivity contribution < 1.29 is 0 Å². The number of rotatable bonds is 0. The van der Waals surface area contributed by atoms with Crippen molar-refractivity contribution in [2.45, 2.75) is 57.8 Å². The van der Waals surface area contributed by atoms with Crippen molar-refractivity contribution in [3.05, 3.63) is 12.2 Å². The summed E-state index contributed by atoms with van der Waals surface area (Å²) in [5.41, 5.74) is 2.40. The molecule has 0 N–H and O–H groups in total. The lowest BCUT2D eigenvalue weighted by atomic mass is 9.49. The highest BCUT2D eigenvalue weighted by Gasteiger charge is 2.49. The minimum Gasteiger partial charge on any atom is -0.0996 e. The summed E-state index contributed by atoms with van der Waals surface area (Å²) in [6.07, 6.45) is 13.4. The first-order chi connectivity index (χ1) is 6.82. The van der Waals surface area contributed by atoms with Gasteiger partial charge in [-0.05, 0) is 55.8 Å². The van der Waals surface area contributed by atoms with Crippen LogP contribution in [0.5, 0.6) is 0 Å². The van der Waals surface area contributed by atoms with Crippen LogP contribution >= 0.6 is 0 Å². The maximum Gasteiger partial charge on any atom is -0.0172 e. The average Bonchev–Trinajstić information content (AvgIpc) is 2.23. The SMILES string of the molecule is C=C1CC[C@@]23CCCCC2[C@@H]1CCC3. The molecule has 0 aromatic rings. The zero-order valence-electron chi connectivity index (χ0n) is 9.23. The summed E-state index contributed by atoms with van der Waals surface area (Å²) < 4.78 is 0. The fourth-order valence-electron chi connectivity index (χ4n) is 4.67. The minimum absolute atomic E-state index is 0.794. The van der Waals surface area contributed by atoms with E-state index in [9.17, 15) is 0 Å². The molecule has 0 saturated heterocycles. The van der Waals surface area contributed by atoms with E-state index in [1.54, 1.807) is 18.4 Å². The Bertz CT molecular complexity index is 249. The molecule has 0 radical (unpaired) electrons. The standard InChI is InChI=1S/C14H22/c1-11-7-10-14-8-3-2-6-13(14)12(11)5-4-9-14/h12-13H,1-10H2/t12-,13?,14+/m1/s1. The molecule has 0 nitrogen and oxygen atoms in total. The number of hydrogen-bond donors (Lipinski definition) is 0. The largest absolute Gasteiger partial charge is 0.0996 e. The van der Waals surface area contributed by atoms with Crippen LogP contribution in [0.3, 0.4) is 0 Å². The normalized spacial score (nSPS) is 47.3. The van der Waals surface area contributed by atoms with E-state index in [1.165, 1.54) is 44.9 Å². The van der Waals surface area contributed by atoms with Gasteiger partial charge < -0.3 is 0 Å². The molecule has 0 amide bonds. The van der Waals surface area contributed by atoms with E-state index >= 15 is 0 Å². The Morgan fingerprint density at radius 3 is 2.79 bits per heavy atom. The van der Waals surface area contributed by atoms with Gasteiger partial charge in [0.1, 0.15) is 0 Å². The molecule has 3 fully saturated rings. The Kier molecular flexibility index (Phi) is 2.00. The van der Waals surface area contributed by atoms with E-state index in [4.69, 9.17) is 0 Å². The zero-order chi connectivity index (χ0) is 9.60. The molecule has 3 rings (SSSR count). The third-order valence-corrected chi connectivity index (χ3v) is 5.37. The molecule has 0 heteroatoms. The van der Waals surface area contributed by atoms with Crippen molar-refractivity contribution >= 4 is 0 Å². The molecule has 3 atom stereocenters. The van der Waals surface area contributed by atoms with Crippen LogP contribution in [0.4, 0.5) is 0 Å². The first-order valence-electron chi connectivity index (χ1n) is 6.49. The maximum absolute atomic E-state index is 4.32. The summed E-state index contributed by atoms with van der Waals surface area (Å²) in [6.45, 7) is 4.32. The summed E-state index contributed by atoms with van der Waals surface area (Å²) in [7, 11) is 0. The highest BCUT2D eigenvalue weighted by atomic mass is 14.5. The van der Waals surface area contributed by atoms with Crippen molar-refractivity contribution in [3.63, 3.8) is 0 Å². The number of allylic oxidation sites excluding steroid dienone is 1. The van der Waals surface area contributed by atoms with Crippen molar-refractivity contribution in [1.29, 1.82) is 0 Å². The average molecular weight is 190 g/mol. The zero-order valence-corrected chi connectivity index (χ0v) is 9.23. The van der Waals surface area contributed by atoms with E-state index in [0.29, 0.717) is 0 Å². The molecule has 2 bridgehead atoms. The molecular weight excluding hydrogens is 168 g/mol. The Morgan fingerprint density at radius 2 is 1.86 bits per heavy atom. The van der Waals surface area contributed by atoms with Crippen LogP contribution in [0.1, 0.15) is 57.8 Å². The van der Waals surface area contributed by atoms with Gasteiger partial charge in [-0.15, -0.1) is 0 Å². The Labute approximate surface area is 87.8 Å². The lowest BCUT2D eigenvalue weighted by molar-refractivity contribution is -0.0152. The molecule has 0 aromatic heterocycles. The Hall–Kier alpha value is -0.260. The van der Waals surface area contributed by atoms with E-state index < -0.39 is 0 Å².